The van der Waals surface area contributed by atoms with E-state index in [1.54, 1.807) is 0 Å². The summed E-state index contributed by atoms with van der Waals surface area (Å²) in [4.78, 5) is 3.42. The molecule has 3 rings (SSSR count). The summed E-state index contributed by atoms with van der Waals surface area (Å²) in [5.74, 6) is 0. The summed E-state index contributed by atoms with van der Waals surface area (Å²) in [5.41, 5.74) is 3.74. The van der Waals surface area contributed by atoms with Crippen LogP contribution in [0.4, 0.5) is 0 Å². The van der Waals surface area contributed by atoms with E-state index < -0.39 is 0 Å². The van der Waals surface area contributed by atoms with Gasteiger partial charge in [-0.2, -0.15) is 0 Å². The minimum Gasteiger partial charge on any atom is -0.355 e. The third-order valence-corrected chi connectivity index (χ3v) is 2.66. The van der Waals surface area contributed by atoms with Crippen molar-refractivity contribution in [2.24, 2.45) is 0 Å². The van der Waals surface area contributed by atoms with Crippen LogP contribution in [0.3, 0.4) is 0 Å². The molecule has 0 saturated carbocycles. The number of nitrogens with one attached hydrogen (secondary N) is 1. The number of aromatic amines is 1. The lowest BCUT2D eigenvalue weighted by Crippen LogP contribution is -1.70. The van der Waals surface area contributed by atoms with Gasteiger partial charge in [-0.1, -0.05) is 58.0 Å². The van der Waals surface area contributed by atoms with E-state index in [-0.39, 0.29) is 0 Å². The van der Waals surface area contributed by atoms with E-state index in [9.17, 15) is 0 Å². The first-order chi connectivity index (χ1) is 8.84. The van der Waals surface area contributed by atoms with Crippen molar-refractivity contribution in [2.75, 3.05) is 0 Å². The molecule has 0 aliphatic rings. The molecule has 0 spiro atoms. The number of para-hydroxylation sites is 1. The lowest BCUT2D eigenvalue weighted by atomic mass is 10.1. The second kappa shape index (κ2) is 6.85. The lowest BCUT2D eigenvalue weighted by molar-refractivity contribution is 1.47. The topological polar surface area (TPSA) is 15.8 Å². The number of hydrogen-bond acceptors (Lipinski definition) is 0. The summed E-state index contributed by atoms with van der Waals surface area (Å²) >= 11 is 0. The zero-order chi connectivity index (χ0) is 13.5. The molecule has 0 aliphatic heterocycles. The average molecular weight is 241 g/mol. The van der Waals surface area contributed by atoms with Crippen LogP contribution in [0.2, 0.25) is 0 Å². The molecule has 0 saturated heterocycles. The van der Waals surface area contributed by atoms with E-state index in [1.165, 1.54) is 27.4 Å². The molecular weight excluding hydrogens is 218 g/mol. The molecule has 1 heterocycles. The van der Waals surface area contributed by atoms with Crippen molar-refractivity contribution < 1.29 is 0 Å². The zero-order valence-electron chi connectivity index (χ0n) is 12.0. The van der Waals surface area contributed by atoms with Gasteiger partial charge in [-0.25, -0.2) is 0 Å². The fourth-order valence-electron chi connectivity index (χ4n) is 1.97. The Hall–Kier alpha value is -1.76. The number of fused-ring (bicyclic) bond motifs is 3. The maximum Gasteiger partial charge on any atom is 0.0467 e. The Labute approximate surface area is 110 Å². The molecule has 0 bridgehead atoms. The van der Waals surface area contributed by atoms with Gasteiger partial charge in [-0.05, 0) is 24.6 Å². The number of benzene rings is 2. The third kappa shape index (κ3) is 2.73. The van der Waals surface area contributed by atoms with E-state index in [0.29, 0.717) is 0 Å². The number of hydrogen-bond donors (Lipinski definition) is 1. The zero-order valence-corrected chi connectivity index (χ0v) is 12.0. The van der Waals surface area contributed by atoms with Gasteiger partial charge in [0.25, 0.3) is 0 Å². The average Bonchev–Trinajstić information content (AvgIpc) is 2.80. The predicted molar refractivity (Wildman–Crippen MR) is 83.2 cm³/mol. The molecule has 0 atom stereocenters. The van der Waals surface area contributed by atoms with Crippen molar-refractivity contribution in [1.29, 1.82) is 0 Å². The second-order valence-electron chi connectivity index (χ2n) is 3.72. The van der Waals surface area contributed by atoms with Gasteiger partial charge >= 0.3 is 0 Å². The molecule has 3 aromatic rings. The van der Waals surface area contributed by atoms with Crippen LogP contribution in [0.5, 0.6) is 0 Å². The van der Waals surface area contributed by atoms with Gasteiger partial charge in [-0.3, -0.25) is 0 Å². The van der Waals surface area contributed by atoms with Crippen LogP contribution in [0.1, 0.15) is 33.3 Å². The van der Waals surface area contributed by atoms with Crippen molar-refractivity contribution >= 4 is 21.8 Å². The molecule has 0 fully saturated rings. The van der Waals surface area contributed by atoms with Crippen molar-refractivity contribution in [1.82, 2.24) is 4.98 Å². The highest BCUT2D eigenvalue weighted by molar-refractivity contribution is 6.07. The molecule has 2 aromatic carbocycles. The van der Waals surface area contributed by atoms with E-state index >= 15 is 0 Å². The standard InChI is InChI=1S/C13H11N.2C2H6/c1-9-6-7-11-10-4-2-3-5-12(10)14-13(11)8-9;2*1-2/h2-8,14H,1H3;2*1-2H3. The molecule has 18 heavy (non-hydrogen) atoms. The summed E-state index contributed by atoms with van der Waals surface area (Å²) in [6.07, 6.45) is 0. The molecule has 1 heteroatoms. The predicted octanol–water partition coefficient (Wildman–Crippen LogP) is 5.68. The summed E-state index contributed by atoms with van der Waals surface area (Å²) < 4.78 is 0. The normalized spacial score (nSPS) is 9.39. The van der Waals surface area contributed by atoms with Crippen LogP contribution in [-0.4, -0.2) is 4.98 Å². The van der Waals surface area contributed by atoms with Crippen LogP contribution in [0, 0.1) is 6.92 Å². The first-order valence-electron chi connectivity index (χ1n) is 6.82. The molecule has 0 radical (unpaired) electrons. The number of aryl methyl sites for hydroxylation is 1. The van der Waals surface area contributed by atoms with Crippen LogP contribution in [0.15, 0.2) is 42.5 Å². The molecule has 0 amide bonds. The first-order valence-corrected chi connectivity index (χ1v) is 6.82. The maximum absolute atomic E-state index is 3.42. The summed E-state index contributed by atoms with van der Waals surface area (Å²) in [7, 11) is 0. The van der Waals surface area contributed by atoms with E-state index in [4.69, 9.17) is 0 Å². The second-order valence-corrected chi connectivity index (χ2v) is 3.72. The minimum atomic E-state index is 1.22. The van der Waals surface area contributed by atoms with Crippen molar-refractivity contribution in [3.8, 4) is 0 Å². The third-order valence-electron chi connectivity index (χ3n) is 2.66. The first kappa shape index (κ1) is 14.3. The number of rotatable bonds is 0. The lowest BCUT2D eigenvalue weighted by Gasteiger charge is -1.92. The van der Waals surface area contributed by atoms with Gasteiger partial charge in [0, 0.05) is 21.8 Å². The van der Waals surface area contributed by atoms with Crippen molar-refractivity contribution in [3.05, 3.63) is 48.0 Å². The van der Waals surface area contributed by atoms with Crippen molar-refractivity contribution in [2.45, 2.75) is 34.6 Å². The fourth-order valence-corrected chi connectivity index (χ4v) is 1.97. The summed E-state index contributed by atoms with van der Waals surface area (Å²) in [6.45, 7) is 10.1. The van der Waals surface area contributed by atoms with Crippen LogP contribution >= 0.6 is 0 Å². The molecular formula is C17H23N. The molecule has 0 aliphatic carbocycles. The van der Waals surface area contributed by atoms with Gasteiger partial charge in [0.15, 0.2) is 0 Å². The Morgan fingerprint density at radius 1 is 0.722 bits per heavy atom. The fraction of sp³-hybridized carbons (Fsp3) is 0.294. The van der Waals surface area contributed by atoms with Gasteiger partial charge in [0.2, 0.25) is 0 Å². The highest BCUT2D eigenvalue weighted by Gasteiger charge is 2.01. The van der Waals surface area contributed by atoms with Crippen molar-refractivity contribution in [3.63, 3.8) is 0 Å². The Bertz CT molecular complexity index is 605. The molecule has 96 valence electrons. The van der Waals surface area contributed by atoms with Gasteiger partial charge < -0.3 is 4.98 Å². The van der Waals surface area contributed by atoms with E-state index in [0.717, 1.165) is 0 Å². The SMILES string of the molecule is CC.CC.Cc1ccc2c(c1)[nH]c1ccccc12. The Kier molecular flexibility index (Phi) is 5.44. The largest absolute Gasteiger partial charge is 0.355 e. The van der Waals surface area contributed by atoms with Crippen LogP contribution in [0.25, 0.3) is 21.8 Å². The summed E-state index contributed by atoms with van der Waals surface area (Å²) in [6, 6.07) is 14.9. The Balaban J connectivity index is 0.000000371. The molecule has 1 aromatic heterocycles. The highest BCUT2D eigenvalue weighted by atomic mass is 14.7. The highest BCUT2D eigenvalue weighted by Crippen LogP contribution is 2.25. The number of aromatic nitrogens is 1. The monoisotopic (exact) mass is 241 g/mol. The van der Waals surface area contributed by atoms with E-state index in [1.807, 2.05) is 27.7 Å². The van der Waals surface area contributed by atoms with Gasteiger partial charge in [-0.15, -0.1) is 0 Å². The molecule has 1 N–H and O–H groups in total. The Morgan fingerprint density at radius 3 is 2.06 bits per heavy atom. The summed E-state index contributed by atoms with van der Waals surface area (Å²) in [5, 5.41) is 2.62. The minimum absolute atomic E-state index is 1.22. The van der Waals surface area contributed by atoms with Crippen LogP contribution < -0.4 is 0 Å². The van der Waals surface area contributed by atoms with Gasteiger partial charge in [0.1, 0.15) is 0 Å². The molecule has 1 nitrogen and oxygen atoms in total. The quantitative estimate of drug-likeness (QED) is 0.521. The maximum atomic E-state index is 3.42. The van der Waals surface area contributed by atoms with Crippen LogP contribution in [-0.2, 0) is 0 Å². The number of H-pyrrole nitrogens is 1. The van der Waals surface area contributed by atoms with Gasteiger partial charge in [0.05, 0.1) is 0 Å². The molecule has 0 unspecified atom stereocenters. The smallest absolute Gasteiger partial charge is 0.0467 e. The Morgan fingerprint density at radius 2 is 1.33 bits per heavy atom. The van der Waals surface area contributed by atoms with E-state index in [2.05, 4.69) is 54.4 Å².